The molecule has 1 saturated carbocycles. The van der Waals surface area contributed by atoms with E-state index in [9.17, 15) is 13.2 Å². The molecule has 3 rings (SSSR count). The van der Waals surface area contributed by atoms with Crippen LogP contribution < -0.4 is 5.32 Å². The van der Waals surface area contributed by atoms with Gasteiger partial charge < -0.3 is 5.32 Å². The lowest BCUT2D eigenvalue weighted by Crippen LogP contribution is -2.48. The first-order chi connectivity index (χ1) is 11.4. The number of rotatable bonds is 5. The summed E-state index contributed by atoms with van der Waals surface area (Å²) in [6.45, 7) is 1.03. The first-order valence-electron chi connectivity index (χ1n) is 8.72. The average molecular weight is 350 g/mol. The van der Waals surface area contributed by atoms with Crippen molar-refractivity contribution in [2.24, 2.45) is 0 Å². The monoisotopic (exact) mass is 350 g/mol. The van der Waals surface area contributed by atoms with Crippen LogP contribution in [-0.2, 0) is 20.2 Å². The van der Waals surface area contributed by atoms with Crippen molar-refractivity contribution in [2.75, 3.05) is 19.3 Å². The molecule has 132 valence electrons. The van der Waals surface area contributed by atoms with Crippen LogP contribution in [0.1, 0.15) is 44.1 Å². The lowest BCUT2D eigenvalue weighted by molar-refractivity contribution is -0.124. The zero-order valence-electron chi connectivity index (χ0n) is 14.2. The van der Waals surface area contributed by atoms with E-state index in [1.807, 2.05) is 18.2 Å². The van der Waals surface area contributed by atoms with Gasteiger partial charge in [0.2, 0.25) is 15.9 Å². The summed E-state index contributed by atoms with van der Waals surface area (Å²) in [6, 6.07) is 9.81. The molecule has 24 heavy (non-hydrogen) atoms. The Morgan fingerprint density at radius 3 is 2.50 bits per heavy atom. The molecule has 0 aromatic heterocycles. The Balaban J connectivity index is 1.70. The summed E-state index contributed by atoms with van der Waals surface area (Å²) in [5.41, 5.74) is 1.26. The van der Waals surface area contributed by atoms with Gasteiger partial charge in [0.1, 0.15) is 6.04 Å². The zero-order valence-corrected chi connectivity index (χ0v) is 15.0. The number of nitrogens with one attached hydrogen (secondary N) is 1. The molecule has 0 spiro atoms. The van der Waals surface area contributed by atoms with Crippen LogP contribution in [0, 0.1) is 0 Å². The second-order valence-corrected chi connectivity index (χ2v) is 9.04. The third-order valence-corrected chi connectivity index (χ3v) is 6.77. The number of carbonyl (C=O) groups excluding carboxylic acids is 1. The van der Waals surface area contributed by atoms with Gasteiger partial charge in [-0.1, -0.05) is 43.2 Å². The Kier molecular flexibility index (Phi) is 4.97. The topological polar surface area (TPSA) is 66.5 Å². The summed E-state index contributed by atoms with van der Waals surface area (Å²) in [7, 11) is -3.33. The van der Waals surface area contributed by atoms with Crippen LogP contribution in [0.15, 0.2) is 30.3 Å². The van der Waals surface area contributed by atoms with Crippen LogP contribution in [0.3, 0.4) is 0 Å². The molecule has 1 unspecified atom stereocenters. The van der Waals surface area contributed by atoms with Crippen molar-refractivity contribution in [3.63, 3.8) is 0 Å². The molecule has 1 amide bonds. The summed E-state index contributed by atoms with van der Waals surface area (Å²) in [5.74, 6) is -0.153. The number of hydrogen-bond donors (Lipinski definition) is 1. The number of sulfonamides is 1. The minimum absolute atomic E-state index is 0.00849. The molecule has 1 aromatic rings. The molecule has 6 heteroatoms. The molecule has 2 fully saturated rings. The fourth-order valence-corrected chi connectivity index (χ4v) is 5.31. The standard InChI is InChI=1S/C18H26N2O3S/c1-24(22,23)20-13-7-10-16(20)17(21)19-14-18(11-5-6-12-18)15-8-3-2-4-9-15/h2-4,8-9,16H,5-7,10-14H2,1H3,(H,19,21). The molecule has 1 aromatic carbocycles. The molecular weight excluding hydrogens is 324 g/mol. The third-order valence-electron chi connectivity index (χ3n) is 5.48. The molecule has 1 heterocycles. The Hall–Kier alpha value is -1.40. The van der Waals surface area contributed by atoms with E-state index in [-0.39, 0.29) is 11.3 Å². The number of nitrogens with zero attached hydrogens (tertiary/aromatic N) is 1. The summed E-state index contributed by atoms with van der Waals surface area (Å²) >= 11 is 0. The molecule has 1 saturated heterocycles. The normalized spacial score (nSPS) is 24.1. The summed E-state index contributed by atoms with van der Waals surface area (Å²) in [4.78, 5) is 12.6. The van der Waals surface area contributed by atoms with E-state index in [0.717, 1.165) is 19.3 Å². The fraction of sp³-hybridized carbons (Fsp3) is 0.611. The maximum Gasteiger partial charge on any atom is 0.238 e. The average Bonchev–Trinajstić information content (AvgIpc) is 3.23. The highest BCUT2D eigenvalue weighted by Gasteiger charge is 2.39. The van der Waals surface area contributed by atoms with Gasteiger partial charge in [-0.2, -0.15) is 4.31 Å². The van der Waals surface area contributed by atoms with Gasteiger partial charge in [0.05, 0.1) is 6.26 Å². The molecule has 2 aliphatic rings. The Morgan fingerprint density at radius 2 is 1.88 bits per heavy atom. The number of hydrogen-bond acceptors (Lipinski definition) is 3. The van der Waals surface area contributed by atoms with Crippen LogP contribution in [-0.4, -0.2) is 44.0 Å². The minimum Gasteiger partial charge on any atom is -0.354 e. The predicted molar refractivity (Wildman–Crippen MR) is 94.2 cm³/mol. The van der Waals surface area contributed by atoms with Crippen LogP contribution >= 0.6 is 0 Å². The van der Waals surface area contributed by atoms with Crippen molar-refractivity contribution in [3.8, 4) is 0 Å². The lowest BCUT2D eigenvalue weighted by atomic mass is 9.79. The van der Waals surface area contributed by atoms with Crippen molar-refractivity contribution in [2.45, 2.75) is 50.0 Å². The summed E-state index contributed by atoms with van der Waals surface area (Å²) < 4.78 is 25.0. The maximum absolute atomic E-state index is 12.6. The van der Waals surface area contributed by atoms with Crippen molar-refractivity contribution in [3.05, 3.63) is 35.9 Å². The van der Waals surface area contributed by atoms with E-state index in [0.29, 0.717) is 19.5 Å². The van der Waals surface area contributed by atoms with Crippen molar-refractivity contribution in [1.82, 2.24) is 9.62 Å². The van der Waals surface area contributed by atoms with Crippen LogP contribution in [0.25, 0.3) is 0 Å². The predicted octanol–water partition coefficient (Wildman–Crippen LogP) is 2.04. The lowest BCUT2D eigenvalue weighted by Gasteiger charge is -2.31. The van der Waals surface area contributed by atoms with Crippen molar-refractivity contribution < 1.29 is 13.2 Å². The first kappa shape index (κ1) is 17.4. The van der Waals surface area contributed by atoms with E-state index in [1.54, 1.807) is 0 Å². The Labute approximate surface area is 144 Å². The highest BCUT2D eigenvalue weighted by Crippen LogP contribution is 2.40. The number of benzene rings is 1. The third kappa shape index (κ3) is 3.49. The number of carbonyl (C=O) groups is 1. The molecule has 5 nitrogen and oxygen atoms in total. The van der Waals surface area contributed by atoms with Gasteiger partial charge in [-0.3, -0.25) is 4.79 Å². The van der Waals surface area contributed by atoms with Gasteiger partial charge in [0.15, 0.2) is 0 Å². The molecule has 0 radical (unpaired) electrons. The first-order valence-corrected chi connectivity index (χ1v) is 10.6. The van der Waals surface area contributed by atoms with E-state index in [4.69, 9.17) is 0 Å². The largest absolute Gasteiger partial charge is 0.354 e. The molecule has 1 atom stereocenters. The van der Waals surface area contributed by atoms with E-state index < -0.39 is 16.1 Å². The number of amides is 1. The molecule has 1 N–H and O–H groups in total. The van der Waals surface area contributed by atoms with Gasteiger partial charge >= 0.3 is 0 Å². The molecule has 1 aliphatic carbocycles. The van der Waals surface area contributed by atoms with Crippen molar-refractivity contribution in [1.29, 1.82) is 0 Å². The maximum atomic E-state index is 12.6. The van der Waals surface area contributed by atoms with Gasteiger partial charge in [-0.15, -0.1) is 0 Å². The summed E-state index contributed by atoms with van der Waals surface area (Å²) in [6.07, 6.45) is 7.01. The van der Waals surface area contributed by atoms with Gasteiger partial charge in [-0.05, 0) is 31.2 Å². The zero-order chi connectivity index (χ0) is 17.2. The molecular formula is C18H26N2O3S. The van der Waals surface area contributed by atoms with Gasteiger partial charge in [-0.25, -0.2) is 8.42 Å². The second kappa shape index (κ2) is 6.84. The second-order valence-electron chi connectivity index (χ2n) is 7.10. The summed E-state index contributed by atoms with van der Waals surface area (Å²) in [5, 5.41) is 3.06. The Morgan fingerprint density at radius 1 is 1.21 bits per heavy atom. The van der Waals surface area contributed by atoms with E-state index >= 15 is 0 Å². The van der Waals surface area contributed by atoms with Crippen molar-refractivity contribution >= 4 is 15.9 Å². The SMILES string of the molecule is CS(=O)(=O)N1CCCC1C(=O)NCC1(c2ccccc2)CCCC1. The fourth-order valence-electron chi connectivity index (χ4n) is 4.18. The smallest absolute Gasteiger partial charge is 0.238 e. The molecule has 1 aliphatic heterocycles. The molecule has 0 bridgehead atoms. The van der Waals surface area contributed by atoms with Crippen LogP contribution in [0.5, 0.6) is 0 Å². The highest BCUT2D eigenvalue weighted by atomic mass is 32.2. The van der Waals surface area contributed by atoms with E-state index in [2.05, 4.69) is 17.4 Å². The van der Waals surface area contributed by atoms with Crippen LogP contribution in [0.4, 0.5) is 0 Å². The van der Waals surface area contributed by atoms with E-state index in [1.165, 1.54) is 29.0 Å². The highest BCUT2D eigenvalue weighted by molar-refractivity contribution is 7.88. The van der Waals surface area contributed by atoms with Gasteiger partial charge in [0.25, 0.3) is 0 Å². The van der Waals surface area contributed by atoms with Gasteiger partial charge in [0, 0.05) is 18.5 Å². The Bertz CT molecular complexity index is 681. The quantitative estimate of drug-likeness (QED) is 0.884. The van der Waals surface area contributed by atoms with Crippen LogP contribution in [0.2, 0.25) is 0 Å². The minimum atomic E-state index is -3.33.